The summed E-state index contributed by atoms with van der Waals surface area (Å²) in [7, 11) is 0. The van der Waals surface area contributed by atoms with E-state index < -0.39 is 0 Å². The van der Waals surface area contributed by atoms with Crippen molar-refractivity contribution in [3.05, 3.63) is 52.0 Å². The zero-order chi connectivity index (χ0) is 11.8. The van der Waals surface area contributed by atoms with Crippen LogP contribution in [0.5, 0.6) is 0 Å². The van der Waals surface area contributed by atoms with Gasteiger partial charge in [-0.05, 0) is 59.5 Å². The molecule has 0 aliphatic rings. The molecule has 0 unspecified atom stereocenters. The van der Waals surface area contributed by atoms with E-state index >= 15 is 0 Å². The molecule has 0 atom stereocenters. The maximum absolute atomic E-state index is 4.47. The molecule has 0 aliphatic heterocycles. The van der Waals surface area contributed by atoms with Crippen molar-refractivity contribution in [2.75, 3.05) is 0 Å². The highest BCUT2D eigenvalue weighted by Crippen LogP contribution is 2.19. The molecule has 1 aromatic carbocycles. The summed E-state index contributed by atoms with van der Waals surface area (Å²) < 4.78 is 2.21. The number of imidazole rings is 1. The fourth-order valence-corrected chi connectivity index (χ4v) is 2.68. The Kier molecular flexibility index (Phi) is 2.48. The minimum atomic E-state index is 0.905. The van der Waals surface area contributed by atoms with Gasteiger partial charge in [0.05, 0.1) is 17.4 Å². The van der Waals surface area contributed by atoms with Crippen molar-refractivity contribution in [3.63, 3.8) is 0 Å². The van der Waals surface area contributed by atoms with Gasteiger partial charge in [-0.15, -0.1) is 0 Å². The smallest absolute Gasteiger partial charge is 0.0961 e. The molecule has 2 aromatic heterocycles. The molecule has 0 bridgehead atoms. The Hall–Kier alpha value is -1.61. The highest BCUT2D eigenvalue weighted by molar-refractivity contribution is 7.07. The number of fused-ring (bicyclic) bond motifs is 1. The maximum Gasteiger partial charge on any atom is 0.0961 e. The van der Waals surface area contributed by atoms with E-state index in [1.54, 1.807) is 11.3 Å². The Bertz CT molecular complexity index is 650. The topological polar surface area (TPSA) is 17.8 Å². The monoisotopic (exact) mass is 242 g/mol. The minimum Gasteiger partial charge on any atom is -0.326 e. The van der Waals surface area contributed by atoms with Crippen LogP contribution in [-0.2, 0) is 6.54 Å². The molecule has 17 heavy (non-hydrogen) atoms. The molecule has 0 radical (unpaired) electrons. The van der Waals surface area contributed by atoms with Gasteiger partial charge < -0.3 is 4.57 Å². The summed E-state index contributed by atoms with van der Waals surface area (Å²) in [6, 6.07) is 6.55. The fourth-order valence-electron chi connectivity index (χ4n) is 2.02. The molecule has 3 heteroatoms. The average Bonchev–Trinajstić information content (AvgIpc) is 2.92. The zero-order valence-corrected chi connectivity index (χ0v) is 10.8. The van der Waals surface area contributed by atoms with E-state index in [2.05, 4.69) is 52.4 Å². The highest BCUT2D eigenvalue weighted by atomic mass is 32.1. The molecule has 2 heterocycles. The van der Waals surface area contributed by atoms with E-state index in [1.807, 2.05) is 6.33 Å². The Morgan fingerprint density at radius 3 is 2.82 bits per heavy atom. The first kappa shape index (κ1) is 10.5. The number of hydrogen-bond donors (Lipinski definition) is 0. The third kappa shape index (κ3) is 1.87. The number of nitrogens with zero attached hydrogens (tertiary/aromatic N) is 2. The van der Waals surface area contributed by atoms with E-state index in [9.17, 15) is 0 Å². The van der Waals surface area contributed by atoms with Crippen LogP contribution < -0.4 is 0 Å². The average molecular weight is 242 g/mol. The second kappa shape index (κ2) is 4.00. The maximum atomic E-state index is 4.47. The van der Waals surface area contributed by atoms with E-state index in [4.69, 9.17) is 0 Å². The Balaban J connectivity index is 2.08. The lowest BCUT2D eigenvalue weighted by Gasteiger charge is -2.04. The molecule has 0 amide bonds. The van der Waals surface area contributed by atoms with Gasteiger partial charge in [-0.2, -0.15) is 11.3 Å². The summed E-state index contributed by atoms with van der Waals surface area (Å²) in [4.78, 5) is 4.47. The molecule has 0 saturated carbocycles. The summed E-state index contributed by atoms with van der Waals surface area (Å²) in [6.07, 6.45) is 1.93. The van der Waals surface area contributed by atoms with Crippen molar-refractivity contribution in [3.8, 4) is 0 Å². The van der Waals surface area contributed by atoms with Crippen LogP contribution in [0.3, 0.4) is 0 Å². The molecule has 0 aliphatic carbocycles. The van der Waals surface area contributed by atoms with Crippen LogP contribution in [-0.4, -0.2) is 9.55 Å². The van der Waals surface area contributed by atoms with Crippen LogP contribution in [0.2, 0.25) is 0 Å². The largest absolute Gasteiger partial charge is 0.326 e. The second-order valence-electron chi connectivity index (χ2n) is 4.43. The van der Waals surface area contributed by atoms with Crippen LogP contribution in [0.25, 0.3) is 11.0 Å². The van der Waals surface area contributed by atoms with E-state index in [0.717, 1.165) is 12.1 Å². The Morgan fingerprint density at radius 2 is 2.06 bits per heavy atom. The van der Waals surface area contributed by atoms with E-state index in [1.165, 1.54) is 22.2 Å². The van der Waals surface area contributed by atoms with Crippen molar-refractivity contribution >= 4 is 22.4 Å². The van der Waals surface area contributed by atoms with Gasteiger partial charge in [0, 0.05) is 6.54 Å². The Labute approximate surface area is 105 Å². The van der Waals surface area contributed by atoms with Gasteiger partial charge in [-0.3, -0.25) is 0 Å². The van der Waals surface area contributed by atoms with Crippen molar-refractivity contribution in [2.45, 2.75) is 20.4 Å². The third-order valence-electron chi connectivity index (χ3n) is 3.17. The summed E-state index contributed by atoms with van der Waals surface area (Å²) in [5, 5.41) is 4.30. The van der Waals surface area contributed by atoms with Crippen molar-refractivity contribution in [2.24, 2.45) is 0 Å². The van der Waals surface area contributed by atoms with Gasteiger partial charge in [0.1, 0.15) is 0 Å². The summed E-state index contributed by atoms with van der Waals surface area (Å²) >= 11 is 1.74. The second-order valence-corrected chi connectivity index (χ2v) is 5.21. The lowest BCUT2D eigenvalue weighted by Crippen LogP contribution is -1.96. The fraction of sp³-hybridized carbons (Fsp3) is 0.214. The summed E-state index contributed by atoms with van der Waals surface area (Å²) in [5.74, 6) is 0. The SMILES string of the molecule is Cc1cc2ncn(Cc3ccsc3)c2cc1C. The highest BCUT2D eigenvalue weighted by Gasteiger charge is 2.05. The van der Waals surface area contributed by atoms with Gasteiger partial charge in [0.15, 0.2) is 0 Å². The van der Waals surface area contributed by atoms with Crippen molar-refractivity contribution in [1.82, 2.24) is 9.55 Å². The predicted octanol–water partition coefficient (Wildman–Crippen LogP) is 3.76. The number of aromatic nitrogens is 2. The number of benzene rings is 1. The molecule has 3 rings (SSSR count). The lowest BCUT2D eigenvalue weighted by molar-refractivity contribution is 0.827. The first-order valence-electron chi connectivity index (χ1n) is 5.67. The molecule has 3 aromatic rings. The molecule has 0 fully saturated rings. The van der Waals surface area contributed by atoms with Crippen molar-refractivity contribution < 1.29 is 0 Å². The van der Waals surface area contributed by atoms with Crippen LogP contribution in [0, 0.1) is 13.8 Å². The van der Waals surface area contributed by atoms with Gasteiger partial charge in [0.25, 0.3) is 0 Å². The van der Waals surface area contributed by atoms with Crippen molar-refractivity contribution in [1.29, 1.82) is 0 Å². The van der Waals surface area contributed by atoms with E-state index in [0.29, 0.717) is 0 Å². The standard InChI is InChI=1S/C14H14N2S/c1-10-5-13-14(6-11(10)2)16(9-15-13)7-12-3-4-17-8-12/h3-6,8-9H,7H2,1-2H3. The molecule has 0 saturated heterocycles. The van der Waals surface area contributed by atoms with Crippen LogP contribution >= 0.6 is 11.3 Å². The molecular formula is C14H14N2S. The molecular weight excluding hydrogens is 228 g/mol. The Morgan fingerprint density at radius 1 is 1.24 bits per heavy atom. The molecule has 86 valence electrons. The van der Waals surface area contributed by atoms with Gasteiger partial charge in [-0.25, -0.2) is 4.98 Å². The number of aryl methyl sites for hydroxylation is 2. The van der Waals surface area contributed by atoms with Crippen LogP contribution in [0.4, 0.5) is 0 Å². The van der Waals surface area contributed by atoms with Crippen LogP contribution in [0.1, 0.15) is 16.7 Å². The third-order valence-corrected chi connectivity index (χ3v) is 3.90. The van der Waals surface area contributed by atoms with Gasteiger partial charge >= 0.3 is 0 Å². The minimum absolute atomic E-state index is 0.905. The molecule has 2 nitrogen and oxygen atoms in total. The molecule has 0 N–H and O–H groups in total. The van der Waals surface area contributed by atoms with Gasteiger partial charge in [-0.1, -0.05) is 0 Å². The number of thiophene rings is 1. The number of hydrogen-bond acceptors (Lipinski definition) is 2. The van der Waals surface area contributed by atoms with E-state index in [-0.39, 0.29) is 0 Å². The normalized spacial score (nSPS) is 11.2. The first-order chi connectivity index (χ1) is 8.24. The predicted molar refractivity (Wildman–Crippen MR) is 72.6 cm³/mol. The van der Waals surface area contributed by atoms with Gasteiger partial charge in [0.2, 0.25) is 0 Å². The first-order valence-corrected chi connectivity index (χ1v) is 6.61. The van der Waals surface area contributed by atoms with Crippen LogP contribution in [0.15, 0.2) is 35.3 Å². The molecule has 0 spiro atoms. The quantitative estimate of drug-likeness (QED) is 0.669. The lowest BCUT2D eigenvalue weighted by atomic mass is 10.1. The summed E-state index contributed by atoms with van der Waals surface area (Å²) in [6.45, 7) is 5.19. The summed E-state index contributed by atoms with van der Waals surface area (Å²) in [5.41, 5.74) is 6.28. The number of rotatable bonds is 2. The zero-order valence-electron chi connectivity index (χ0n) is 9.97.